The normalized spacial score (nSPS) is 9.60. The van der Waals surface area contributed by atoms with Gasteiger partial charge in [0.15, 0.2) is 5.69 Å². The van der Waals surface area contributed by atoms with Crippen molar-refractivity contribution < 1.29 is 5.11 Å². The van der Waals surface area contributed by atoms with Gasteiger partial charge in [0, 0.05) is 13.2 Å². The predicted molar refractivity (Wildman–Crippen MR) is 56.2 cm³/mol. The Morgan fingerprint density at radius 2 is 2.13 bits per heavy atom. The van der Waals surface area contributed by atoms with Crippen molar-refractivity contribution in [3.05, 3.63) is 18.1 Å². The lowest BCUT2D eigenvalue weighted by molar-refractivity contribution is 0.283. The van der Waals surface area contributed by atoms with Gasteiger partial charge in [-0.05, 0) is 19.3 Å². The Labute approximate surface area is 88.8 Å². The maximum atomic E-state index is 8.57. The van der Waals surface area contributed by atoms with Gasteiger partial charge in [-0.15, -0.1) is 0 Å². The summed E-state index contributed by atoms with van der Waals surface area (Å²) < 4.78 is 0. The fourth-order valence-corrected chi connectivity index (χ4v) is 1.11. The molecule has 2 N–H and O–H groups in total. The third-order valence-corrected chi connectivity index (χ3v) is 1.91. The SMILES string of the molecule is N#Cc1cnc(NCCCCCO)cn1. The van der Waals surface area contributed by atoms with Gasteiger partial charge in [-0.25, -0.2) is 9.97 Å². The molecule has 0 saturated carbocycles. The van der Waals surface area contributed by atoms with E-state index in [-0.39, 0.29) is 6.61 Å². The lowest BCUT2D eigenvalue weighted by Crippen LogP contribution is -2.04. The summed E-state index contributed by atoms with van der Waals surface area (Å²) in [7, 11) is 0. The molecule has 0 bridgehead atoms. The smallest absolute Gasteiger partial charge is 0.158 e. The molecule has 0 aliphatic rings. The van der Waals surface area contributed by atoms with Crippen LogP contribution in [0.2, 0.25) is 0 Å². The van der Waals surface area contributed by atoms with E-state index in [2.05, 4.69) is 15.3 Å². The van der Waals surface area contributed by atoms with E-state index >= 15 is 0 Å². The van der Waals surface area contributed by atoms with Gasteiger partial charge in [0.25, 0.3) is 0 Å². The molecule has 0 aliphatic carbocycles. The highest BCUT2D eigenvalue weighted by Crippen LogP contribution is 2.01. The summed E-state index contributed by atoms with van der Waals surface area (Å²) in [5, 5.41) is 20.2. The summed E-state index contributed by atoms with van der Waals surface area (Å²) in [5.41, 5.74) is 0.320. The number of unbranched alkanes of at least 4 members (excludes halogenated alkanes) is 2. The maximum absolute atomic E-state index is 8.57. The van der Waals surface area contributed by atoms with E-state index in [1.54, 1.807) is 6.20 Å². The van der Waals surface area contributed by atoms with Gasteiger partial charge < -0.3 is 10.4 Å². The van der Waals surface area contributed by atoms with Crippen LogP contribution in [-0.2, 0) is 0 Å². The molecule has 1 rings (SSSR count). The first kappa shape index (κ1) is 11.4. The second-order valence-corrected chi connectivity index (χ2v) is 3.11. The van der Waals surface area contributed by atoms with Crippen LogP contribution in [0.5, 0.6) is 0 Å². The van der Waals surface area contributed by atoms with Gasteiger partial charge in [0.1, 0.15) is 11.9 Å². The van der Waals surface area contributed by atoms with Crippen LogP contribution in [0.1, 0.15) is 25.0 Å². The summed E-state index contributed by atoms with van der Waals surface area (Å²) in [6, 6.07) is 1.91. The minimum absolute atomic E-state index is 0.247. The molecule has 0 saturated heterocycles. The highest BCUT2D eigenvalue weighted by molar-refractivity contribution is 5.32. The standard InChI is InChI=1S/C10H14N4O/c11-6-9-7-14-10(8-13-9)12-4-2-1-3-5-15/h7-8,15H,1-5H2,(H,12,14). The van der Waals surface area contributed by atoms with Crippen LogP contribution in [0, 0.1) is 11.3 Å². The van der Waals surface area contributed by atoms with E-state index in [4.69, 9.17) is 10.4 Å². The number of nitrogens with zero attached hydrogens (tertiary/aromatic N) is 3. The average Bonchev–Trinajstić information content (AvgIpc) is 2.30. The lowest BCUT2D eigenvalue weighted by Gasteiger charge is -2.03. The van der Waals surface area contributed by atoms with Gasteiger partial charge in [-0.1, -0.05) is 0 Å². The highest BCUT2D eigenvalue weighted by Gasteiger charge is 1.95. The first-order chi connectivity index (χ1) is 7.36. The first-order valence-electron chi connectivity index (χ1n) is 4.93. The monoisotopic (exact) mass is 206 g/mol. The van der Waals surface area contributed by atoms with E-state index in [1.807, 2.05) is 6.07 Å². The van der Waals surface area contributed by atoms with Crippen LogP contribution >= 0.6 is 0 Å². The molecule has 0 aromatic carbocycles. The largest absolute Gasteiger partial charge is 0.396 e. The number of rotatable bonds is 6. The number of hydrogen-bond donors (Lipinski definition) is 2. The molecule has 5 nitrogen and oxygen atoms in total. The zero-order valence-corrected chi connectivity index (χ0v) is 8.48. The van der Waals surface area contributed by atoms with Gasteiger partial charge in [0.05, 0.1) is 12.4 Å². The number of nitrogens with one attached hydrogen (secondary N) is 1. The molecule has 0 unspecified atom stereocenters. The van der Waals surface area contributed by atoms with Gasteiger partial charge in [0.2, 0.25) is 0 Å². The molecule has 0 amide bonds. The molecule has 0 aliphatic heterocycles. The van der Waals surface area contributed by atoms with Crippen molar-refractivity contribution in [2.45, 2.75) is 19.3 Å². The summed E-state index contributed by atoms with van der Waals surface area (Å²) in [6.07, 6.45) is 5.80. The Morgan fingerprint density at radius 3 is 2.73 bits per heavy atom. The number of hydrogen-bond acceptors (Lipinski definition) is 5. The zero-order valence-electron chi connectivity index (χ0n) is 8.48. The van der Waals surface area contributed by atoms with E-state index in [0.29, 0.717) is 11.5 Å². The van der Waals surface area contributed by atoms with E-state index in [1.165, 1.54) is 6.20 Å². The van der Waals surface area contributed by atoms with Crippen molar-refractivity contribution in [3.8, 4) is 6.07 Å². The van der Waals surface area contributed by atoms with Gasteiger partial charge in [-0.3, -0.25) is 0 Å². The minimum atomic E-state index is 0.247. The van der Waals surface area contributed by atoms with Crippen molar-refractivity contribution in [1.82, 2.24) is 9.97 Å². The fourth-order valence-electron chi connectivity index (χ4n) is 1.11. The molecule has 0 spiro atoms. The van der Waals surface area contributed by atoms with Crippen LogP contribution in [0.25, 0.3) is 0 Å². The molecule has 15 heavy (non-hydrogen) atoms. The Hall–Kier alpha value is -1.67. The number of anilines is 1. The lowest BCUT2D eigenvalue weighted by atomic mass is 10.2. The third-order valence-electron chi connectivity index (χ3n) is 1.91. The molecule has 1 aromatic rings. The van der Waals surface area contributed by atoms with Gasteiger partial charge in [-0.2, -0.15) is 5.26 Å². The second kappa shape index (κ2) is 6.74. The van der Waals surface area contributed by atoms with Crippen molar-refractivity contribution >= 4 is 5.82 Å². The molecule has 1 heterocycles. The zero-order chi connectivity index (χ0) is 10.9. The second-order valence-electron chi connectivity index (χ2n) is 3.11. The van der Waals surface area contributed by atoms with Gasteiger partial charge >= 0.3 is 0 Å². The van der Waals surface area contributed by atoms with Crippen LogP contribution < -0.4 is 5.32 Å². The van der Waals surface area contributed by atoms with E-state index < -0.39 is 0 Å². The molecule has 0 radical (unpaired) electrons. The minimum Gasteiger partial charge on any atom is -0.396 e. The van der Waals surface area contributed by atoms with Crippen molar-refractivity contribution in [1.29, 1.82) is 5.26 Å². The summed E-state index contributed by atoms with van der Waals surface area (Å²) in [6.45, 7) is 1.05. The predicted octanol–water partition coefficient (Wildman–Crippen LogP) is 0.923. The Morgan fingerprint density at radius 1 is 1.27 bits per heavy atom. The molecule has 80 valence electrons. The number of aromatic nitrogens is 2. The number of aliphatic hydroxyl groups is 1. The fraction of sp³-hybridized carbons (Fsp3) is 0.500. The van der Waals surface area contributed by atoms with Crippen molar-refractivity contribution in [2.75, 3.05) is 18.5 Å². The summed E-state index contributed by atoms with van der Waals surface area (Å²) in [5.74, 6) is 0.679. The summed E-state index contributed by atoms with van der Waals surface area (Å²) in [4.78, 5) is 7.91. The van der Waals surface area contributed by atoms with Crippen LogP contribution in [0.4, 0.5) is 5.82 Å². The average molecular weight is 206 g/mol. The van der Waals surface area contributed by atoms with Crippen molar-refractivity contribution in [3.63, 3.8) is 0 Å². The quantitative estimate of drug-likeness (QED) is 0.676. The van der Waals surface area contributed by atoms with Crippen LogP contribution in [-0.4, -0.2) is 28.2 Å². The summed E-state index contributed by atoms with van der Waals surface area (Å²) >= 11 is 0. The topological polar surface area (TPSA) is 81.8 Å². The van der Waals surface area contributed by atoms with Crippen molar-refractivity contribution in [2.24, 2.45) is 0 Å². The number of aliphatic hydroxyl groups excluding tert-OH is 1. The third kappa shape index (κ3) is 4.38. The molecular formula is C10H14N4O. The molecule has 5 heteroatoms. The maximum Gasteiger partial charge on any atom is 0.158 e. The Balaban J connectivity index is 2.23. The van der Waals surface area contributed by atoms with Crippen LogP contribution in [0.15, 0.2) is 12.4 Å². The molecule has 1 aromatic heterocycles. The molecule has 0 atom stereocenters. The Kier molecular flexibility index (Phi) is 5.12. The van der Waals surface area contributed by atoms with E-state index in [0.717, 1.165) is 25.8 Å². The first-order valence-corrected chi connectivity index (χ1v) is 4.93. The molecular weight excluding hydrogens is 192 g/mol. The number of nitriles is 1. The Bertz CT molecular complexity index is 317. The highest BCUT2D eigenvalue weighted by atomic mass is 16.2. The van der Waals surface area contributed by atoms with Crippen LogP contribution in [0.3, 0.4) is 0 Å². The molecule has 0 fully saturated rings. The van der Waals surface area contributed by atoms with E-state index in [9.17, 15) is 0 Å².